The van der Waals surface area contributed by atoms with Crippen LogP contribution < -0.4 is 0 Å². The fourth-order valence-electron chi connectivity index (χ4n) is 1.21. The van der Waals surface area contributed by atoms with E-state index in [0.29, 0.717) is 0 Å². The van der Waals surface area contributed by atoms with E-state index in [4.69, 9.17) is 17.5 Å². The van der Waals surface area contributed by atoms with E-state index in [-0.39, 0.29) is 0 Å². The third kappa shape index (κ3) is 40.4. The molecule has 0 aromatic rings. The van der Waals surface area contributed by atoms with E-state index in [1.165, 1.54) is 66.5 Å². The summed E-state index contributed by atoms with van der Waals surface area (Å²) in [4.78, 5) is 0. The standard InChI is InChI=1S/C9H19.Al.H2O4S.2H/c1-3-5-7-9-8-6-4-2;;1-5(2,3)4;;/h1,3-9H2,2H3;;(H2,1,2,3,4);;. The van der Waals surface area contributed by atoms with Crippen LogP contribution >= 0.6 is 0 Å². The van der Waals surface area contributed by atoms with Gasteiger partial charge in [-0.15, -0.1) is 5.28 Å². The Morgan fingerprint density at radius 2 is 1.27 bits per heavy atom. The molecule has 0 fully saturated rings. The second-order valence-electron chi connectivity index (χ2n) is 3.57. The van der Waals surface area contributed by atoms with Gasteiger partial charge in [-0.05, 0) is 0 Å². The average molecular weight is 254 g/mol. The van der Waals surface area contributed by atoms with E-state index in [1.54, 1.807) is 0 Å². The maximum absolute atomic E-state index is 8.74. The molecule has 0 radical (unpaired) electrons. The smallest absolute Gasteiger partial charge is 0.264 e. The molecule has 0 rings (SSSR count). The van der Waals surface area contributed by atoms with Crippen molar-refractivity contribution >= 4 is 26.7 Å². The highest BCUT2D eigenvalue weighted by molar-refractivity contribution is 7.79. The van der Waals surface area contributed by atoms with Gasteiger partial charge in [0.1, 0.15) is 0 Å². The van der Waals surface area contributed by atoms with Crippen molar-refractivity contribution in [3.63, 3.8) is 0 Å². The zero-order valence-corrected chi connectivity index (χ0v) is 12.6. The second kappa shape index (κ2) is 12.5. The molecule has 6 heteroatoms. The van der Waals surface area contributed by atoms with Gasteiger partial charge in [0.2, 0.25) is 16.3 Å². The molecule has 0 amide bonds. The quantitative estimate of drug-likeness (QED) is 0.414. The minimum atomic E-state index is -4.67. The Morgan fingerprint density at radius 3 is 1.60 bits per heavy atom. The van der Waals surface area contributed by atoms with Crippen LogP contribution in [-0.4, -0.2) is 33.8 Å². The first kappa shape index (κ1) is 17.8. The minimum absolute atomic E-state index is 1.38. The zero-order chi connectivity index (χ0) is 12.2. The first-order valence-corrected chi connectivity index (χ1v) is 8.42. The highest BCUT2D eigenvalue weighted by atomic mass is 32.3. The molecule has 0 saturated carbocycles. The molecule has 0 atom stereocenters. The molecule has 0 unspecified atom stereocenters. The summed E-state index contributed by atoms with van der Waals surface area (Å²) in [6.45, 7) is 2.28. The van der Waals surface area contributed by atoms with Gasteiger partial charge in [-0.1, -0.05) is 51.9 Å². The largest absolute Gasteiger partial charge is 0.394 e. The Hall–Kier alpha value is 0.402. The summed E-state index contributed by atoms with van der Waals surface area (Å²) in [5.41, 5.74) is 0. The Balaban J connectivity index is 0. The molecule has 15 heavy (non-hydrogen) atoms. The van der Waals surface area contributed by atoms with E-state index >= 15 is 0 Å². The van der Waals surface area contributed by atoms with Crippen LogP contribution in [0.4, 0.5) is 0 Å². The summed E-state index contributed by atoms with van der Waals surface area (Å²) < 4.78 is 31.6. The maximum atomic E-state index is 8.74. The van der Waals surface area contributed by atoms with Crippen LogP contribution in [0.25, 0.3) is 0 Å². The van der Waals surface area contributed by atoms with Crippen LogP contribution in [0.2, 0.25) is 5.28 Å². The molecular weight excluding hydrogens is 231 g/mol. The number of unbranched alkanes of at least 4 members (excludes halogenated alkanes) is 6. The fourth-order valence-corrected chi connectivity index (χ4v) is 1.71. The summed E-state index contributed by atoms with van der Waals surface area (Å²) in [5, 5.41) is 1.51. The predicted octanol–water partition coefficient (Wildman–Crippen LogP) is 2.14. The highest BCUT2D eigenvalue weighted by Gasteiger charge is 1.87. The van der Waals surface area contributed by atoms with Crippen LogP contribution in [0.3, 0.4) is 0 Å². The summed E-state index contributed by atoms with van der Waals surface area (Å²) in [6, 6.07) is 0. The molecule has 0 aliphatic heterocycles. The Morgan fingerprint density at radius 1 is 0.933 bits per heavy atom. The molecule has 0 bridgehead atoms. The molecule has 0 aromatic carbocycles. The lowest BCUT2D eigenvalue weighted by molar-refractivity contribution is 0.381. The summed E-state index contributed by atoms with van der Waals surface area (Å²) >= 11 is 1.41. The number of rotatable bonds is 7. The first-order chi connectivity index (χ1) is 6.91. The van der Waals surface area contributed by atoms with Crippen molar-refractivity contribution in [2.24, 2.45) is 0 Å². The van der Waals surface area contributed by atoms with Crippen LogP contribution in [0, 0.1) is 0 Å². The molecule has 0 aliphatic carbocycles. The molecule has 4 nitrogen and oxygen atoms in total. The van der Waals surface area contributed by atoms with E-state index in [1.807, 2.05) is 0 Å². The number of hydrogen-bond donors (Lipinski definition) is 2. The normalized spacial score (nSPS) is 10.6. The van der Waals surface area contributed by atoms with E-state index in [2.05, 4.69) is 6.92 Å². The van der Waals surface area contributed by atoms with Crippen LogP contribution in [0.15, 0.2) is 0 Å². The molecule has 0 spiro atoms. The summed E-state index contributed by atoms with van der Waals surface area (Å²) in [5.74, 6) is 0. The Labute approximate surface area is 101 Å². The Bertz CT molecular complexity index is 188. The summed E-state index contributed by atoms with van der Waals surface area (Å²) in [6.07, 6.45) is 10.3. The van der Waals surface area contributed by atoms with Crippen LogP contribution in [0.5, 0.6) is 0 Å². The van der Waals surface area contributed by atoms with Gasteiger partial charge in [0.05, 0.1) is 0 Å². The summed E-state index contributed by atoms with van der Waals surface area (Å²) in [7, 11) is -4.67. The molecule has 0 heterocycles. The van der Waals surface area contributed by atoms with Crippen molar-refractivity contribution in [1.29, 1.82) is 0 Å². The topological polar surface area (TPSA) is 74.6 Å². The monoisotopic (exact) mass is 254 g/mol. The van der Waals surface area contributed by atoms with Gasteiger partial charge in [-0.3, -0.25) is 9.11 Å². The third-order valence-electron chi connectivity index (χ3n) is 1.96. The lowest BCUT2D eigenvalue weighted by Gasteiger charge is -1.97. The van der Waals surface area contributed by atoms with Gasteiger partial charge in [0.25, 0.3) is 0 Å². The van der Waals surface area contributed by atoms with Gasteiger partial charge >= 0.3 is 10.4 Å². The van der Waals surface area contributed by atoms with E-state index < -0.39 is 10.4 Å². The van der Waals surface area contributed by atoms with Gasteiger partial charge in [-0.2, -0.15) is 8.42 Å². The SMILES string of the molecule is CCCCCCCC[CH2][AlH2].O=S(=O)(O)O. The van der Waals surface area contributed by atoms with Crippen molar-refractivity contribution in [2.45, 2.75) is 57.2 Å². The second-order valence-corrected chi connectivity index (χ2v) is 5.46. The van der Waals surface area contributed by atoms with Crippen molar-refractivity contribution in [2.75, 3.05) is 0 Å². The van der Waals surface area contributed by atoms with E-state index in [0.717, 1.165) is 0 Å². The maximum Gasteiger partial charge on any atom is 0.394 e. The first-order valence-electron chi connectivity index (χ1n) is 5.61. The molecule has 92 valence electrons. The zero-order valence-electron chi connectivity index (χ0n) is 9.78. The highest BCUT2D eigenvalue weighted by Crippen LogP contribution is 2.07. The molecule has 0 aliphatic rings. The minimum Gasteiger partial charge on any atom is -0.264 e. The Kier molecular flexibility index (Phi) is 14.8. The van der Waals surface area contributed by atoms with E-state index in [9.17, 15) is 0 Å². The van der Waals surface area contributed by atoms with Crippen molar-refractivity contribution in [3.05, 3.63) is 0 Å². The van der Waals surface area contributed by atoms with Crippen LogP contribution in [-0.2, 0) is 10.4 Å². The number of hydrogen-bond acceptors (Lipinski definition) is 2. The van der Waals surface area contributed by atoms with Gasteiger partial charge < -0.3 is 0 Å². The molecular formula is C9H23AlO4S. The van der Waals surface area contributed by atoms with Gasteiger partial charge in [0, 0.05) is 0 Å². The van der Waals surface area contributed by atoms with Crippen LogP contribution in [0.1, 0.15) is 51.9 Å². The third-order valence-corrected chi connectivity index (χ3v) is 2.66. The van der Waals surface area contributed by atoms with Crippen molar-refractivity contribution < 1.29 is 17.5 Å². The molecule has 0 saturated heterocycles. The fraction of sp³-hybridized carbons (Fsp3) is 1.00. The molecule has 2 N–H and O–H groups in total. The predicted molar refractivity (Wildman–Crippen MR) is 65.5 cm³/mol. The lowest BCUT2D eigenvalue weighted by Crippen LogP contribution is -1.89. The average Bonchev–Trinajstić information content (AvgIpc) is 2.08. The van der Waals surface area contributed by atoms with Crippen molar-refractivity contribution in [1.82, 2.24) is 0 Å². The van der Waals surface area contributed by atoms with Crippen molar-refractivity contribution in [3.8, 4) is 0 Å². The van der Waals surface area contributed by atoms with Gasteiger partial charge in [0.15, 0.2) is 0 Å². The van der Waals surface area contributed by atoms with Gasteiger partial charge in [-0.25, -0.2) is 0 Å². The molecule has 0 aromatic heterocycles. The lowest BCUT2D eigenvalue weighted by atomic mass is 10.1.